The topological polar surface area (TPSA) is 70.3 Å². The Morgan fingerprint density at radius 1 is 1.47 bits per heavy atom. The van der Waals surface area contributed by atoms with Gasteiger partial charge in [-0.15, -0.1) is 0 Å². The summed E-state index contributed by atoms with van der Waals surface area (Å²) in [5.74, 6) is 0.408. The van der Waals surface area contributed by atoms with Crippen LogP contribution in [0.5, 0.6) is 6.01 Å². The molecule has 5 heteroatoms. The highest BCUT2D eigenvalue weighted by molar-refractivity contribution is 5.26. The molecule has 0 unspecified atom stereocenters. The van der Waals surface area contributed by atoms with E-state index in [1.165, 1.54) is 0 Å². The van der Waals surface area contributed by atoms with Crippen molar-refractivity contribution in [2.45, 2.75) is 25.9 Å². The van der Waals surface area contributed by atoms with Gasteiger partial charge in [-0.2, -0.15) is 4.98 Å². The van der Waals surface area contributed by atoms with Crippen molar-refractivity contribution in [1.82, 2.24) is 9.97 Å². The van der Waals surface area contributed by atoms with Crippen molar-refractivity contribution in [3.63, 3.8) is 0 Å². The van der Waals surface area contributed by atoms with E-state index >= 15 is 0 Å². The fraction of sp³-hybridized carbons (Fsp3) is 0.600. The number of hydrogen-bond donors (Lipinski definition) is 1. The second kappa shape index (κ2) is 4.93. The molecule has 0 spiro atoms. The van der Waals surface area contributed by atoms with E-state index < -0.39 is 0 Å². The molecule has 15 heavy (non-hydrogen) atoms. The zero-order valence-electron chi connectivity index (χ0n) is 9.36. The van der Waals surface area contributed by atoms with Gasteiger partial charge in [0.15, 0.2) is 0 Å². The van der Waals surface area contributed by atoms with Crippen molar-refractivity contribution in [1.29, 1.82) is 0 Å². The van der Waals surface area contributed by atoms with E-state index in [2.05, 4.69) is 9.97 Å². The molecule has 0 bridgehead atoms. The molecular formula is C10H17N3O2. The largest absolute Gasteiger partial charge is 0.463 e. The van der Waals surface area contributed by atoms with Crippen LogP contribution in [0.3, 0.4) is 0 Å². The summed E-state index contributed by atoms with van der Waals surface area (Å²) < 4.78 is 10.6. The van der Waals surface area contributed by atoms with Crippen LogP contribution in [0, 0.1) is 0 Å². The van der Waals surface area contributed by atoms with Crippen LogP contribution in [0.15, 0.2) is 12.3 Å². The Balaban J connectivity index is 2.38. The molecule has 1 rings (SSSR count). The van der Waals surface area contributed by atoms with Crippen LogP contribution in [0.2, 0.25) is 0 Å². The van der Waals surface area contributed by atoms with Crippen LogP contribution >= 0.6 is 0 Å². The highest BCUT2D eigenvalue weighted by Crippen LogP contribution is 2.13. The molecule has 0 aliphatic carbocycles. The van der Waals surface area contributed by atoms with Crippen LogP contribution in [-0.2, 0) is 4.74 Å². The minimum absolute atomic E-state index is 0.194. The number of nitrogens with zero attached hydrogens (tertiary/aromatic N) is 2. The Labute approximate surface area is 89.6 Å². The maximum atomic E-state index is 5.49. The molecule has 0 atom stereocenters. The molecule has 5 nitrogen and oxygen atoms in total. The number of hydrogen-bond acceptors (Lipinski definition) is 5. The maximum Gasteiger partial charge on any atom is 0.318 e. The van der Waals surface area contributed by atoms with Crippen LogP contribution in [0.25, 0.3) is 0 Å². The van der Waals surface area contributed by atoms with E-state index in [9.17, 15) is 0 Å². The average molecular weight is 211 g/mol. The lowest BCUT2D eigenvalue weighted by molar-refractivity contribution is 0.00469. The number of anilines is 1. The van der Waals surface area contributed by atoms with Crippen molar-refractivity contribution < 1.29 is 9.47 Å². The van der Waals surface area contributed by atoms with Gasteiger partial charge in [-0.25, -0.2) is 4.98 Å². The van der Waals surface area contributed by atoms with Gasteiger partial charge in [0.05, 0.1) is 12.2 Å². The summed E-state index contributed by atoms with van der Waals surface area (Å²) in [6.07, 6.45) is 2.33. The second-order valence-electron chi connectivity index (χ2n) is 3.83. The van der Waals surface area contributed by atoms with Gasteiger partial charge in [0.1, 0.15) is 5.82 Å². The zero-order chi connectivity index (χ0) is 11.3. The Kier molecular flexibility index (Phi) is 3.85. The summed E-state index contributed by atoms with van der Waals surface area (Å²) in [5.41, 5.74) is 5.29. The quantitative estimate of drug-likeness (QED) is 0.793. The van der Waals surface area contributed by atoms with E-state index in [4.69, 9.17) is 15.2 Å². The predicted octanol–water partition coefficient (Wildman–Crippen LogP) is 1.25. The van der Waals surface area contributed by atoms with Gasteiger partial charge in [0.25, 0.3) is 0 Å². The number of aromatic nitrogens is 2. The standard InChI is InChI=1S/C10H17N3O2/c1-10(2,14-3)5-7-15-9-12-6-4-8(11)13-9/h4,6H,5,7H2,1-3H3,(H2,11,12,13). The third kappa shape index (κ3) is 4.12. The van der Waals surface area contributed by atoms with Gasteiger partial charge in [0.2, 0.25) is 0 Å². The molecule has 0 saturated carbocycles. The molecule has 1 aromatic heterocycles. The van der Waals surface area contributed by atoms with Crippen molar-refractivity contribution in [2.24, 2.45) is 0 Å². The normalized spacial score (nSPS) is 11.4. The molecule has 0 saturated heterocycles. The number of ether oxygens (including phenoxy) is 2. The Hall–Kier alpha value is -1.36. The van der Waals surface area contributed by atoms with Gasteiger partial charge >= 0.3 is 6.01 Å². The zero-order valence-corrected chi connectivity index (χ0v) is 9.36. The lowest BCUT2D eigenvalue weighted by Crippen LogP contribution is -2.25. The lowest BCUT2D eigenvalue weighted by Gasteiger charge is -2.22. The number of methoxy groups -OCH3 is 1. The molecule has 0 amide bonds. The van der Waals surface area contributed by atoms with Crippen molar-refractivity contribution in [3.8, 4) is 6.01 Å². The highest BCUT2D eigenvalue weighted by Gasteiger charge is 2.16. The fourth-order valence-corrected chi connectivity index (χ4v) is 0.914. The van der Waals surface area contributed by atoms with E-state index in [-0.39, 0.29) is 5.60 Å². The summed E-state index contributed by atoms with van der Waals surface area (Å²) in [6.45, 7) is 4.50. The predicted molar refractivity (Wildman–Crippen MR) is 57.6 cm³/mol. The monoisotopic (exact) mass is 211 g/mol. The van der Waals surface area contributed by atoms with Crippen LogP contribution < -0.4 is 10.5 Å². The molecule has 84 valence electrons. The highest BCUT2D eigenvalue weighted by atomic mass is 16.5. The first-order valence-corrected chi connectivity index (χ1v) is 4.80. The first kappa shape index (κ1) is 11.7. The van der Waals surface area contributed by atoms with E-state index in [1.54, 1.807) is 19.4 Å². The number of nitrogens with two attached hydrogens (primary N) is 1. The van der Waals surface area contributed by atoms with E-state index in [0.717, 1.165) is 6.42 Å². The van der Waals surface area contributed by atoms with Gasteiger partial charge in [-0.3, -0.25) is 0 Å². The molecule has 0 aromatic carbocycles. The smallest absolute Gasteiger partial charge is 0.318 e. The molecule has 1 heterocycles. The average Bonchev–Trinajstić information content (AvgIpc) is 2.18. The third-order valence-corrected chi connectivity index (χ3v) is 2.14. The third-order valence-electron chi connectivity index (χ3n) is 2.14. The van der Waals surface area contributed by atoms with Gasteiger partial charge in [0, 0.05) is 19.7 Å². The summed E-state index contributed by atoms with van der Waals surface area (Å²) in [6, 6.07) is 1.92. The SMILES string of the molecule is COC(C)(C)CCOc1nccc(N)n1. The minimum Gasteiger partial charge on any atom is -0.463 e. The molecule has 0 fully saturated rings. The summed E-state index contributed by atoms with van der Waals surface area (Å²) in [7, 11) is 1.68. The summed E-state index contributed by atoms with van der Waals surface area (Å²) in [5, 5.41) is 0. The van der Waals surface area contributed by atoms with E-state index in [1.807, 2.05) is 13.8 Å². The van der Waals surface area contributed by atoms with Gasteiger partial charge in [-0.05, 0) is 19.9 Å². The fourth-order valence-electron chi connectivity index (χ4n) is 0.914. The molecule has 0 aliphatic rings. The first-order valence-electron chi connectivity index (χ1n) is 4.80. The van der Waals surface area contributed by atoms with E-state index in [0.29, 0.717) is 18.4 Å². The molecule has 0 radical (unpaired) electrons. The van der Waals surface area contributed by atoms with Gasteiger partial charge in [-0.1, -0.05) is 0 Å². The van der Waals surface area contributed by atoms with Crippen LogP contribution in [0.4, 0.5) is 5.82 Å². The van der Waals surface area contributed by atoms with Crippen molar-refractivity contribution >= 4 is 5.82 Å². The second-order valence-corrected chi connectivity index (χ2v) is 3.83. The molecule has 1 aromatic rings. The minimum atomic E-state index is -0.194. The number of nitrogen functional groups attached to an aromatic ring is 1. The van der Waals surface area contributed by atoms with Crippen LogP contribution in [0.1, 0.15) is 20.3 Å². The first-order chi connectivity index (χ1) is 7.03. The lowest BCUT2D eigenvalue weighted by atomic mass is 10.1. The number of rotatable bonds is 5. The molecule has 0 aliphatic heterocycles. The maximum absolute atomic E-state index is 5.49. The summed E-state index contributed by atoms with van der Waals surface area (Å²) in [4.78, 5) is 7.85. The molecule has 2 N–H and O–H groups in total. The Morgan fingerprint density at radius 2 is 2.20 bits per heavy atom. The van der Waals surface area contributed by atoms with Crippen LogP contribution in [-0.4, -0.2) is 29.3 Å². The Morgan fingerprint density at radius 3 is 2.80 bits per heavy atom. The summed E-state index contributed by atoms with van der Waals surface area (Å²) >= 11 is 0. The van der Waals surface area contributed by atoms with Gasteiger partial charge < -0.3 is 15.2 Å². The van der Waals surface area contributed by atoms with Crippen molar-refractivity contribution in [3.05, 3.63) is 12.3 Å². The Bertz CT molecular complexity index is 315. The molecular weight excluding hydrogens is 194 g/mol. The van der Waals surface area contributed by atoms with Crippen molar-refractivity contribution in [2.75, 3.05) is 19.5 Å².